The Morgan fingerprint density at radius 1 is 1.13 bits per heavy atom. The first-order valence-electron chi connectivity index (χ1n) is 10.0. The van der Waals surface area contributed by atoms with Crippen molar-refractivity contribution >= 4 is 17.7 Å². The number of amides is 1. The van der Waals surface area contributed by atoms with Gasteiger partial charge in [-0.3, -0.25) is 9.69 Å². The molecule has 30 heavy (non-hydrogen) atoms. The molecule has 0 atom stereocenters. The van der Waals surface area contributed by atoms with Gasteiger partial charge in [-0.05, 0) is 55.1 Å². The number of halogens is 3. The van der Waals surface area contributed by atoms with Crippen LogP contribution >= 0.6 is 11.8 Å². The summed E-state index contributed by atoms with van der Waals surface area (Å²) in [7, 11) is 0. The number of hydrogen-bond acceptors (Lipinski definition) is 4. The van der Waals surface area contributed by atoms with Crippen molar-refractivity contribution in [2.45, 2.75) is 44.1 Å². The van der Waals surface area contributed by atoms with E-state index in [0.29, 0.717) is 11.6 Å². The molecule has 4 nitrogen and oxygen atoms in total. The number of alkyl halides is 3. The highest BCUT2D eigenvalue weighted by atomic mass is 32.2. The molecule has 1 saturated heterocycles. The van der Waals surface area contributed by atoms with E-state index in [1.807, 2.05) is 12.1 Å². The van der Waals surface area contributed by atoms with Gasteiger partial charge in [-0.25, -0.2) is 4.98 Å². The van der Waals surface area contributed by atoms with Crippen molar-refractivity contribution < 1.29 is 18.0 Å². The quantitative estimate of drug-likeness (QED) is 0.636. The third-order valence-corrected chi connectivity index (χ3v) is 6.15. The average Bonchev–Trinajstić information content (AvgIpc) is 2.73. The lowest BCUT2D eigenvalue weighted by atomic mass is 9.99. The monoisotopic (exact) mass is 437 g/mol. The number of thioether (sulfide) groups is 1. The number of pyridine rings is 1. The van der Waals surface area contributed by atoms with Crippen LogP contribution in [0.4, 0.5) is 13.2 Å². The second-order valence-corrected chi connectivity index (χ2v) is 8.72. The number of rotatable bonds is 7. The molecule has 0 saturated carbocycles. The first kappa shape index (κ1) is 22.6. The zero-order chi connectivity index (χ0) is 21.6. The van der Waals surface area contributed by atoms with E-state index in [1.54, 1.807) is 0 Å². The van der Waals surface area contributed by atoms with Gasteiger partial charge in [-0.1, -0.05) is 43.0 Å². The molecule has 1 aromatic carbocycles. The summed E-state index contributed by atoms with van der Waals surface area (Å²) in [5.41, 5.74) is 1.48. The van der Waals surface area contributed by atoms with E-state index in [9.17, 15) is 18.0 Å². The van der Waals surface area contributed by atoms with Crippen LogP contribution < -0.4 is 5.32 Å². The van der Waals surface area contributed by atoms with Crippen molar-refractivity contribution in [2.24, 2.45) is 5.92 Å². The summed E-state index contributed by atoms with van der Waals surface area (Å²) in [6, 6.07) is 10.5. The molecule has 0 aliphatic carbocycles. The van der Waals surface area contributed by atoms with Gasteiger partial charge in [0.1, 0.15) is 0 Å². The lowest BCUT2D eigenvalue weighted by Gasteiger charge is -2.30. The summed E-state index contributed by atoms with van der Waals surface area (Å²) < 4.78 is 37.6. The highest BCUT2D eigenvalue weighted by molar-refractivity contribution is 7.99. The fourth-order valence-corrected chi connectivity index (χ4v) is 3.94. The normalized spacial score (nSPS) is 15.9. The number of piperidine rings is 1. The largest absolute Gasteiger partial charge is 0.417 e. The highest BCUT2D eigenvalue weighted by Gasteiger charge is 2.30. The van der Waals surface area contributed by atoms with E-state index < -0.39 is 11.7 Å². The second-order valence-electron chi connectivity index (χ2n) is 7.72. The fourth-order valence-electron chi connectivity index (χ4n) is 3.27. The minimum atomic E-state index is -4.41. The zero-order valence-corrected chi connectivity index (χ0v) is 17.7. The molecule has 8 heteroatoms. The lowest BCUT2D eigenvalue weighted by molar-refractivity contribution is -0.137. The first-order valence-corrected chi connectivity index (χ1v) is 11.0. The standard InChI is InChI=1S/C22H26F3N3OS/c1-16-8-10-28(11-9-16)14-18-4-2-17(3-5-18)12-26-20(29)15-30-21-7-6-19(13-27-21)22(23,24)25/h2-7,13,16H,8-12,14-15H2,1H3,(H,26,29). The Morgan fingerprint density at radius 2 is 1.80 bits per heavy atom. The molecule has 2 heterocycles. The highest BCUT2D eigenvalue weighted by Crippen LogP contribution is 2.29. The molecule has 1 N–H and O–H groups in total. The van der Waals surface area contributed by atoms with E-state index in [-0.39, 0.29) is 11.7 Å². The third kappa shape index (κ3) is 7.02. The van der Waals surface area contributed by atoms with Crippen LogP contribution in [0.2, 0.25) is 0 Å². The molecule has 162 valence electrons. The van der Waals surface area contributed by atoms with Gasteiger partial charge in [-0.15, -0.1) is 0 Å². The van der Waals surface area contributed by atoms with Gasteiger partial charge in [0.05, 0.1) is 16.3 Å². The van der Waals surface area contributed by atoms with Gasteiger partial charge in [0.15, 0.2) is 0 Å². The molecule has 1 fully saturated rings. The van der Waals surface area contributed by atoms with Crippen LogP contribution in [-0.4, -0.2) is 34.6 Å². The molecule has 0 bridgehead atoms. The van der Waals surface area contributed by atoms with Gasteiger partial charge in [0.2, 0.25) is 5.91 Å². The Labute approximate surface area is 179 Å². The van der Waals surface area contributed by atoms with Crippen molar-refractivity contribution in [1.29, 1.82) is 0 Å². The van der Waals surface area contributed by atoms with E-state index in [4.69, 9.17) is 0 Å². The van der Waals surface area contributed by atoms with Crippen LogP contribution in [0.5, 0.6) is 0 Å². The number of benzene rings is 1. The molecule has 0 radical (unpaired) electrons. The summed E-state index contributed by atoms with van der Waals surface area (Å²) in [5, 5.41) is 3.22. The summed E-state index contributed by atoms with van der Waals surface area (Å²) in [6.07, 6.45) is -1.12. The Hall–Kier alpha value is -2.06. The molecule has 0 spiro atoms. The van der Waals surface area contributed by atoms with Gasteiger partial charge in [-0.2, -0.15) is 13.2 Å². The fraction of sp³-hybridized carbons (Fsp3) is 0.455. The SMILES string of the molecule is CC1CCN(Cc2ccc(CNC(=O)CSc3ccc(C(F)(F)F)cn3)cc2)CC1. The van der Waals surface area contributed by atoms with Gasteiger partial charge in [0.25, 0.3) is 0 Å². The number of hydrogen-bond donors (Lipinski definition) is 1. The van der Waals surface area contributed by atoms with Crippen LogP contribution in [0.1, 0.15) is 36.5 Å². The maximum Gasteiger partial charge on any atom is 0.417 e. The van der Waals surface area contributed by atoms with Crippen molar-refractivity contribution in [3.8, 4) is 0 Å². The van der Waals surface area contributed by atoms with E-state index >= 15 is 0 Å². The predicted molar refractivity (Wildman–Crippen MR) is 112 cm³/mol. The molecule has 2 aromatic rings. The number of aromatic nitrogens is 1. The van der Waals surface area contributed by atoms with Crippen molar-refractivity contribution in [3.05, 3.63) is 59.3 Å². The summed E-state index contributed by atoms with van der Waals surface area (Å²) in [4.78, 5) is 18.3. The van der Waals surface area contributed by atoms with Crippen molar-refractivity contribution in [2.75, 3.05) is 18.8 Å². The number of carbonyl (C=O) groups excluding carboxylic acids is 1. The van der Waals surface area contributed by atoms with Crippen LogP contribution in [0.25, 0.3) is 0 Å². The molecule has 1 aromatic heterocycles. The van der Waals surface area contributed by atoms with Crippen LogP contribution in [0, 0.1) is 5.92 Å². The lowest BCUT2D eigenvalue weighted by Crippen LogP contribution is -2.32. The van der Waals surface area contributed by atoms with Crippen LogP contribution in [-0.2, 0) is 24.1 Å². The van der Waals surface area contributed by atoms with Crippen LogP contribution in [0.15, 0.2) is 47.6 Å². The van der Waals surface area contributed by atoms with Gasteiger partial charge < -0.3 is 5.32 Å². The summed E-state index contributed by atoms with van der Waals surface area (Å²) in [5.74, 6) is 0.734. The van der Waals surface area contributed by atoms with Gasteiger partial charge >= 0.3 is 6.18 Å². The Morgan fingerprint density at radius 3 is 2.40 bits per heavy atom. The maximum atomic E-state index is 12.5. The van der Waals surface area contributed by atoms with Gasteiger partial charge in [0, 0.05) is 19.3 Å². The van der Waals surface area contributed by atoms with Crippen molar-refractivity contribution in [3.63, 3.8) is 0 Å². The minimum Gasteiger partial charge on any atom is -0.351 e. The predicted octanol–water partition coefficient (Wildman–Crippen LogP) is 4.74. The number of nitrogens with zero attached hydrogens (tertiary/aromatic N) is 2. The number of nitrogens with one attached hydrogen (secondary N) is 1. The van der Waals surface area contributed by atoms with E-state index in [1.165, 1.54) is 24.5 Å². The molecule has 1 aliphatic heterocycles. The zero-order valence-electron chi connectivity index (χ0n) is 16.9. The summed E-state index contributed by atoms with van der Waals surface area (Å²) in [6.45, 7) is 5.96. The van der Waals surface area contributed by atoms with E-state index in [2.05, 4.69) is 34.3 Å². The second kappa shape index (κ2) is 10.3. The van der Waals surface area contributed by atoms with Crippen LogP contribution in [0.3, 0.4) is 0 Å². The smallest absolute Gasteiger partial charge is 0.351 e. The molecule has 1 amide bonds. The number of carbonyl (C=O) groups is 1. The average molecular weight is 438 g/mol. The number of likely N-dealkylation sites (tertiary alicyclic amines) is 1. The topological polar surface area (TPSA) is 45.2 Å². The first-order chi connectivity index (χ1) is 14.3. The molecular weight excluding hydrogens is 411 g/mol. The Kier molecular flexibility index (Phi) is 7.77. The molecule has 3 rings (SSSR count). The molecule has 0 unspecified atom stereocenters. The Balaban J connectivity index is 1.39. The minimum absolute atomic E-state index is 0.101. The summed E-state index contributed by atoms with van der Waals surface area (Å²) >= 11 is 1.11. The Bertz CT molecular complexity index is 817. The van der Waals surface area contributed by atoms with E-state index in [0.717, 1.165) is 55.1 Å². The molecular formula is C22H26F3N3OS. The molecule has 1 aliphatic rings. The maximum absolute atomic E-state index is 12.5. The van der Waals surface area contributed by atoms with Crippen molar-refractivity contribution in [1.82, 2.24) is 15.2 Å². The third-order valence-electron chi connectivity index (χ3n) is 5.21.